The molecule has 5 rings (SSSR count). The lowest BCUT2D eigenvalue weighted by Gasteiger charge is -2.25. The third-order valence-electron chi connectivity index (χ3n) is 7.78. The normalized spacial score (nSPS) is 12.1. The Bertz CT molecular complexity index is 1920. The Labute approximate surface area is 284 Å². The fourth-order valence-corrected chi connectivity index (χ4v) is 6.60. The van der Waals surface area contributed by atoms with Gasteiger partial charge in [-0.05, 0) is 47.4 Å². The molecule has 0 aliphatic heterocycles. The number of aromatic carboxylic acids is 1. The van der Waals surface area contributed by atoms with Crippen molar-refractivity contribution in [2.45, 2.75) is 35.5 Å². The molecule has 1 atom stereocenters. The molecular weight excluding hydrogens is 652 g/mol. The van der Waals surface area contributed by atoms with Crippen LogP contribution in [0.1, 0.15) is 38.7 Å². The summed E-state index contributed by atoms with van der Waals surface area (Å²) in [5.41, 5.74) is 3.13. The Morgan fingerprint density at radius 2 is 1.54 bits per heavy atom. The summed E-state index contributed by atoms with van der Waals surface area (Å²) in [6, 6.07) is 31.4. The quantitative estimate of drug-likeness (QED) is 0.117. The van der Waals surface area contributed by atoms with Crippen LogP contribution in [0.3, 0.4) is 0 Å². The molecule has 0 radical (unpaired) electrons. The highest BCUT2D eigenvalue weighted by atomic mass is 35.5. The zero-order chi connectivity index (χ0) is 34.1. The van der Waals surface area contributed by atoms with E-state index in [0.717, 1.165) is 22.8 Å². The van der Waals surface area contributed by atoms with Crippen molar-refractivity contribution >= 4 is 27.4 Å². The zero-order valence-electron chi connectivity index (χ0n) is 26.2. The zero-order valence-corrected chi connectivity index (χ0v) is 27.8. The Morgan fingerprint density at radius 3 is 2.15 bits per heavy atom. The van der Waals surface area contributed by atoms with Crippen molar-refractivity contribution < 1.29 is 32.9 Å². The van der Waals surface area contributed by atoms with Crippen molar-refractivity contribution in [3.05, 3.63) is 148 Å². The molecule has 0 fully saturated rings. The van der Waals surface area contributed by atoms with Crippen LogP contribution in [0.25, 0.3) is 0 Å². The molecule has 0 spiro atoms. The summed E-state index contributed by atoms with van der Waals surface area (Å²) in [7, 11) is -2.78. The topological polar surface area (TPSA) is 126 Å². The fourth-order valence-electron chi connectivity index (χ4n) is 5.19. The first-order valence-corrected chi connectivity index (χ1v) is 17.0. The number of halogens is 1. The van der Waals surface area contributed by atoms with E-state index in [4.69, 9.17) is 21.1 Å². The molecule has 0 unspecified atom stereocenters. The summed E-state index contributed by atoms with van der Waals surface area (Å²) in [5, 5.41) is 21.2. The second-order valence-corrected chi connectivity index (χ2v) is 13.5. The van der Waals surface area contributed by atoms with Crippen molar-refractivity contribution in [3.8, 4) is 11.5 Å². The molecule has 0 aliphatic carbocycles. The first-order valence-electron chi connectivity index (χ1n) is 15.2. The monoisotopic (exact) mass is 686 g/mol. The maximum Gasteiger partial charge on any atom is 0.339 e. The van der Waals surface area contributed by atoms with Crippen LogP contribution in [0.5, 0.6) is 11.5 Å². The molecule has 11 heteroatoms. The van der Waals surface area contributed by atoms with E-state index in [1.807, 2.05) is 60.7 Å². The van der Waals surface area contributed by atoms with Crippen LogP contribution in [-0.2, 0) is 29.4 Å². The van der Waals surface area contributed by atoms with E-state index in [1.54, 1.807) is 30.5 Å². The van der Waals surface area contributed by atoms with E-state index < -0.39 is 21.9 Å². The van der Waals surface area contributed by atoms with Crippen LogP contribution in [-0.4, -0.2) is 54.7 Å². The molecule has 5 aromatic rings. The maximum absolute atomic E-state index is 13.7. The van der Waals surface area contributed by atoms with Crippen LogP contribution in [0.15, 0.2) is 125 Å². The number of sulfone groups is 1. The summed E-state index contributed by atoms with van der Waals surface area (Å²) in [6.07, 6.45) is 1.37. The van der Waals surface area contributed by atoms with Crippen LogP contribution >= 0.6 is 11.6 Å². The number of nitrogens with zero attached hydrogens (tertiary/aromatic N) is 2. The lowest BCUT2D eigenvalue weighted by molar-refractivity contribution is 0.0690. The van der Waals surface area contributed by atoms with Crippen LogP contribution in [0.4, 0.5) is 0 Å². The van der Waals surface area contributed by atoms with Crippen molar-refractivity contribution in [3.63, 3.8) is 0 Å². The molecule has 1 heterocycles. The number of aliphatic hydroxyl groups is 1. The predicted octanol–water partition coefficient (Wildman–Crippen LogP) is 6.63. The van der Waals surface area contributed by atoms with Crippen molar-refractivity contribution in [2.24, 2.45) is 0 Å². The van der Waals surface area contributed by atoms with Crippen molar-refractivity contribution in [2.75, 3.05) is 20.2 Å². The molecule has 248 valence electrons. The van der Waals surface area contributed by atoms with Gasteiger partial charge in [0, 0.05) is 37.5 Å². The Hall–Kier alpha value is -4.74. The number of hydrogen-bond acceptors (Lipinski definition) is 8. The number of methoxy groups -OCH3 is 1. The smallest absolute Gasteiger partial charge is 0.339 e. The van der Waals surface area contributed by atoms with Crippen LogP contribution in [0, 0.1) is 0 Å². The number of benzene rings is 4. The number of hydrogen-bond donors (Lipinski definition) is 2. The summed E-state index contributed by atoms with van der Waals surface area (Å²) in [4.78, 5) is 18.2. The van der Waals surface area contributed by atoms with Gasteiger partial charge in [0.25, 0.3) is 0 Å². The summed E-state index contributed by atoms with van der Waals surface area (Å²) < 4.78 is 38.6. The standard InChI is InChI=1S/C37H35ClN2O7S/c1-46-34-21-31(20-32(37(42)43)36(34)47-25-28-10-6-3-7-11-28)48(44,45)30-15-12-26(13-16-30)18-19-40(23-27-8-4-2-5-9-27)24-33(41)29-14-17-35(38)39-22-29/h2-17,20-22,33,41H,18-19,23-25H2,1H3,(H,42,43)/t33-/m0/s1. The van der Waals surface area contributed by atoms with Gasteiger partial charge in [0.15, 0.2) is 11.5 Å². The molecule has 0 amide bonds. The number of ether oxygens (including phenoxy) is 2. The largest absolute Gasteiger partial charge is 0.493 e. The van der Waals surface area contributed by atoms with Gasteiger partial charge in [-0.2, -0.15) is 0 Å². The second-order valence-electron chi connectivity index (χ2n) is 11.1. The van der Waals surface area contributed by atoms with Crippen LogP contribution in [0.2, 0.25) is 5.15 Å². The SMILES string of the molecule is COc1cc(S(=O)(=O)c2ccc(CCN(Cc3ccccc3)C[C@H](O)c3ccc(Cl)nc3)cc2)cc(C(=O)O)c1OCc1ccccc1. The molecular formula is C37H35ClN2O7S. The molecule has 0 saturated heterocycles. The first-order chi connectivity index (χ1) is 23.1. The van der Waals surface area contributed by atoms with Gasteiger partial charge in [-0.3, -0.25) is 4.90 Å². The number of aromatic nitrogens is 1. The average molecular weight is 687 g/mol. The molecule has 9 nitrogen and oxygen atoms in total. The molecule has 48 heavy (non-hydrogen) atoms. The van der Waals surface area contributed by atoms with E-state index in [2.05, 4.69) is 9.88 Å². The van der Waals surface area contributed by atoms with Gasteiger partial charge in [0.05, 0.1) is 23.0 Å². The minimum Gasteiger partial charge on any atom is -0.493 e. The van der Waals surface area contributed by atoms with E-state index in [1.165, 1.54) is 25.3 Å². The first kappa shape index (κ1) is 34.6. The van der Waals surface area contributed by atoms with Gasteiger partial charge < -0.3 is 19.7 Å². The Kier molecular flexibility index (Phi) is 11.5. The lowest BCUT2D eigenvalue weighted by atomic mass is 10.1. The third kappa shape index (κ3) is 8.78. The fraction of sp³-hybridized carbons (Fsp3) is 0.189. The van der Waals surface area contributed by atoms with Gasteiger partial charge in [-0.15, -0.1) is 0 Å². The lowest BCUT2D eigenvalue weighted by Crippen LogP contribution is -2.30. The number of rotatable bonds is 15. The van der Waals surface area contributed by atoms with Crippen molar-refractivity contribution in [1.29, 1.82) is 0 Å². The summed E-state index contributed by atoms with van der Waals surface area (Å²) >= 11 is 5.92. The predicted molar refractivity (Wildman–Crippen MR) is 182 cm³/mol. The van der Waals surface area contributed by atoms with Gasteiger partial charge >= 0.3 is 5.97 Å². The Balaban J connectivity index is 1.32. The summed E-state index contributed by atoms with van der Waals surface area (Å²) in [5.74, 6) is -1.40. The van der Waals surface area contributed by atoms with E-state index in [0.29, 0.717) is 36.8 Å². The van der Waals surface area contributed by atoms with Crippen molar-refractivity contribution in [1.82, 2.24) is 9.88 Å². The van der Waals surface area contributed by atoms with E-state index >= 15 is 0 Å². The molecule has 0 aliphatic rings. The molecule has 4 aromatic carbocycles. The van der Waals surface area contributed by atoms with Gasteiger partial charge in [-0.1, -0.05) is 90.5 Å². The van der Waals surface area contributed by atoms with Gasteiger partial charge in [0.1, 0.15) is 17.3 Å². The van der Waals surface area contributed by atoms with Gasteiger partial charge in [-0.25, -0.2) is 18.2 Å². The van der Waals surface area contributed by atoms with E-state index in [-0.39, 0.29) is 33.5 Å². The maximum atomic E-state index is 13.7. The van der Waals surface area contributed by atoms with Crippen LogP contribution < -0.4 is 9.47 Å². The Morgan fingerprint density at radius 1 is 0.875 bits per heavy atom. The van der Waals surface area contributed by atoms with Gasteiger partial charge in [0.2, 0.25) is 9.84 Å². The molecule has 0 bridgehead atoms. The highest BCUT2D eigenvalue weighted by molar-refractivity contribution is 7.91. The summed E-state index contributed by atoms with van der Waals surface area (Å²) in [6.45, 7) is 1.61. The highest BCUT2D eigenvalue weighted by Gasteiger charge is 2.26. The number of carboxylic acid groups (broad SMARTS) is 1. The molecule has 2 N–H and O–H groups in total. The number of carboxylic acids is 1. The minimum atomic E-state index is -4.11. The molecule has 1 aromatic heterocycles. The van der Waals surface area contributed by atoms with E-state index in [9.17, 15) is 23.4 Å². The number of carbonyl (C=O) groups is 1. The third-order valence-corrected chi connectivity index (χ3v) is 9.75. The average Bonchev–Trinajstić information content (AvgIpc) is 3.10. The number of aliphatic hydroxyl groups excluding tert-OH is 1. The number of pyridine rings is 1. The second kappa shape index (κ2) is 15.9. The molecule has 0 saturated carbocycles. The minimum absolute atomic E-state index is 0.00361. The highest BCUT2D eigenvalue weighted by Crippen LogP contribution is 2.37.